The second-order valence-corrected chi connectivity index (χ2v) is 4.49. The van der Waals surface area contributed by atoms with Crippen molar-refractivity contribution in [1.29, 1.82) is 0 Å². The molecule has 2 rings (SSSR count). The zero-order valence-corrected chi connectivity index (χ0v) is 10.7. The molecular formula is C13H12FNO2S. The van der Waals surface area contributed by atoms with Crippen LogP contribution >= 0.6 is 11.3 Å². The summed E-state index contributed by atoms with van der Waals surface area (Å²) >= 11 is 1.43. The summed E-state index contributed by atoms with van der Waals surface area (Å²) in [6.07, 6.45) is 0.172. The highest BCUT2D eigenvalue weighted by molar-refractivity contribution is 7.13. The number of benzene rings is 1. The molecule has 1 aromatic carbocycles. The average molecular weight is 265 g/mol. The summed E-state index contributed by atoms with van der Waals surface area (Å²) < 4.78 is 17.6. The molecule has 5 heteroatoms. The maximum Gasteiger partial charge on any atom is 0.311 e. The van der Waals surface area contributed by atoms with E-state index in [1.54, 1.807) is 19.1 Å². The molecule has 0 saturated heterocycles. The number of thiazole rings is 1. The summed E-state index contributed by atoms with van der Waals surface area (Å²) in [4.78, 5) is 15.6. The first-order valence-corrected chi connectivity index (χ1v) is 6.43. The Bertz CT molecular complexity index is 536. The second kappa shape index (κ2) is 5.73. The van der Waals surface area contributed by atoms with E-state index in [-0.39, 0.29) is 18.2 Å². The minimum absolute atomic E-state index is 0.172. The summed E-state index contributed by atoms with van der Waals surface area (Å²) in [5.74, 6) is -0.560. The highest BCUT2D eigenvalue weighted by Crippen LogP contribution is 2.24. The fraction of sp³-hybridized carbons (Fsp3) is 0.231. The van der Waals surface area contributed by atoms with Crippen molar-refractivity contribution < 1.29 is 13.9 Å². The number of carbonyl (C=O) groups excluding carboxylic acids is 1. The molecule has 0 aliphatic heterocycles. The van der Waals surface area contributed by atoms with E-state index in [9.17, 15) is 9.18 Å². The van der Waals surface area contributed by atoms with Gasteiger partial charge in [-0.3, -0.25) is 4.79 Å². The van der Waals surface area contributed by atoms with E-state index < -0.39 is 0 Å². The first kappa shape index (κ1) is 12.7. The molecule has 0 amide bonds. The van der Waals surface area contributed by atoms with Crippen molar-refractivity contribution in [3.8, 4) is 10.6 Å². The molecule has 0 aliphatic rings. The third-order valence-electron chi connectivity index (χ3n) is 2.27. The normalized spacial score (nSPS) is 10.3. The van der Waals surface area contributed by atoms with Gasteiger partial charge >= 0.3 is 5.97 Å². The molecule has 0 N–H and O–H groups in total. The molecule has 18 heavy (non-hydrogen) atoms. The van der Waals surface area contributed by atoms with Crippen LogP contribution in [0.2, 0.25) is 0 Å². The molecule has 0 spiro atoms. The third-order valence-corrected chi connectivity index (χ3v) is 3.21. The number of esters is 1. The monoisotopic (exact) mass is 265 g/mol. The van der Waals surface area contributed by atoms with Crippen LogP contribution in [0.5, 0.6) is 0 Å². The molecule has 0 atom stereocenters. The Kier molecular flexibility index (Phi) is 4.04. The van der Waals surface area contributed by atoms with Crippen LogP contribution in [0.4, 0.5) is 4.39 Å². The van der Waals surface area contributed by atoms with Gasteiger partial charge in [0, 0.05) is 10.9 Å². The number of rotatable bonds is 4. The van der Waals surface area contributed by atoms with E-state index in [0.29, 0.717) is 12.3 Å². The topological polar surface area (TPSA) is 39.2 Å². The lowest BCUT2D eigenvalue weighted by atomic mass is 10.2. The number of aromatic nitrogens is 1. The smallest absolute Gasteiger partial charge is 0.311 e. The van der Waals surface area contributed by atoms with Crippen LogP contribution in [-0.4, -0.2) is 17.6 Å². The molecule has 0 saturated carbocycles. The van der Waals surface area contributed by atoms with Crippen molar-refractivity contribution in [2.75, 3.05) is 6.61 Å². The van der Waals surface area contributed by atoms with E-state index in [0.717, 1.165) is 10.6 Å². The lowest BCUT2D eigenvalue weighted by Gasteiger charge is -1.98. The van der Waals surface area contributed by atoms with Gasteiger partial charge in [0.05, 0.1) is 18.7 Å². The van der Waals surface area contributed by atoms with Crippen molar-refractivity contribution >= 4 is 17.3 Å². The summed E-state index contributed by atoms with van der Waals surface area (Å²) in [5.41, 5.74) is 1.52. The first-order valence-electron chi connectivity index (χ1n) is 5.55. The standard InChI is InChI=1S/C13H12FNO2S/c1-2-17-12(16)7-11-8-18-13(15-11)9-3-5-10(14)6-4-9/h3-6,8H,2,7H2,1H3. The number of nitrogens with zero attached hydrogens (tertiary/aromatic N) is 1. The number of halogens is 1. The Morgan fingerprint density at radius 3 is 2.78 bits per heavy atom. The average Bonchev–Trinajstić information content (AvgIpc) is 2.78. The molecule has 0 fully saturated rings. The van der Waals surface area contributed by atoms with Gasteiger partial charge in [0.15, 0.2) is 0 Å². The zero-order chi connectivity index (χ0) is 13.0. The third kappa shape index (κ3) is 3.13. The van der Waals surface area contributed by atoms with Crippen LogP contribution < -0.4 is 0 Å². The Hall–Kier alpha value is -1.75. The summed E-state index contributed by atoms with van der Waals surface area (Å²) in [7, 11) is 0. The van der Waals surface area contributed by atoms with Crippen molar-refractivity contribution in [2.24, 2.45) is 0 Å². The minimum atomic E-state index is -0.284. The highest BCUT2D eigenvalue weighted by Gasteiger charge is 2.09. The van der Waals surface area contributed by atoms with E-state index in [1.165, 1.54) is 23.5 Å². The molecule has 0 aliphatic carbocycles. The van der Waals surface area contributed by atoms with Crippen molar-refractivity contribution in [2.45, 2.75) is 13.3 Å². The van der Waals surface area contributed by atoms with E-state index in [2.05, 4.69) is 4.98 Å². The van der Waals surface area contributed by atoms with Crippen LogP contribution in [0.3, 0.4) is 0 Å². The number of ether oxygens (including phenoxy) is 1. The molecule has 2 aromatic rings. The van der Waals surface area contributed by atoms with Gasteiger partial charge in [0.2, 0.25) is 0 Å². The number of hydrogen-bond acceptors (Lipinski definition) is 4. The van der Waals surface area contributed by atoms with E-state index in [1.807, 2.05) is 5.38 Å². The number of carbonyl (C=O) groups is 1. The van der Waals surface area contributed by atoms with E-state index in [4.69, 9.17) is 4.74 Å². The fourth-order valence-corrected chi connectivity index (χ4v) is 2.30. The minimum Gasteiger partial charge on any atom is -0.466 e. The number of hydrogen-bond donors (Lipinski definition) is 0. The van der Waals surface area contributed by atoms with Crippen LogP contribution in [0.15, 0.2) is 29.6 Å². The molecule has 1 heterocycles. The van der Waals surface area contributed by atoms with Gasteiger partial charge in [-0.2, -0.15) is 0 Å². The fourth-order valence-electron chi connectivity index (χ4n) is 1.47. The van der Waals surface area contributed by atoms with Crippen molar-refractivity contribution in [3.05, 3.63) is 41.2 Å². The Labute approximate surface area is 108 Å². The highest BCUT2D eigenvalue weighted by atomic mass is 32.1. The van der Waals surface area contributed by atoms with Gasteiger partial charge in [-0.1, -0.05) is 0 Å². The quantitative estimate of drug-likeness (QED) is 0.798. The van der Waals surface area contributed by atoms with Gasteiger partial charge in [-0.25, -0.2) is 9.37 Å². The Morgan fingerprint density at radius 2 is 2.11 bits per heavy atom. The van der Waals surface area contributed by atoms with Gasteiger partial charge in [-0.05, 0) is 31.2 Å². The van der Waals surface area contributed by atoms with Gasteiger partial charge in [0.25, 0.3) is 0 Å². The SMILES string of the molecule is CCOC(=O)Cc1csc(-c2ccc(F)cc2)n1. The largest absolute Gasteiger partial charge is 0.466 e. The van der Waals surface area contributed by atoms with Crippen molar-refractivity contribution in [1.82, 2.24) is 4.98 Å². The van der Waals surface area contributed by atoms with Gasteiger partial charge in [-0.15, -0.1) is 11.3 Å². The summed E-state index contributed by atoms with van der Waals surface area (Å²) in [6, 6.07) is 6.12. The maximum absolute atomic E-state index is 12.8. The van der Waals surface area contributed by atoms with Crippen LogP contribution in [-0.2, 0) is 16.0 Å². The summed E-state index contributed by atoms with van der Waals surface area (Å²) in [6.45, 7) is 2.14. The second-order valence-electron chi connectivity index (χ2n) is 3.63. The predicted octanol–water partition coefficient (Wildman–Crippen LogP) is 3.05. The maximum atomic E-state index is 12.8. The molecule has 1 aromatic heterocycles. The molecule has 94 valence electrons. The van der Waals surface area contributed by atoms with Crippen LogP contribution in [0.1, 0.15) is 12.6 Å². The summed E-state index contributed by atoms with van der Waals surface area (Å²) in [5, 5.41) is 2.59. The van der Waals surface area contributed by atoms with Crippen LogP contribution in [0, 0.1) is 5.82 Å². The molecular weight excluding hydrogens is 253 g/mol. The predicted molar refractivity (Wildman–Crippen MR) is 67.8 cm³/mol. The van der Waals surface area contributed by atoms with Gasteiger partial charge < -0.3 is 4.74 Å². The Balaban J connectivity index is 2.10. The Morgan fingerprint density at radius 1 is 1.39 bits per heavy atom. The molecule has 0 bridgehead atoms. The first-order chi connectivity index (χ1) is 8.69. The van der Waals surface area contributed by atoms with E-state index >= 15 is 0 Å². The lowest BCUT2D eigenvalue weighted by molar-refractivity contribution is -0.142. The lowest BCUT2D eigenvalue weighted by Crippen LogP contribution is -2.07. The van der Waals surface area contributed by atoms with Crippen LogP contribution in [0.25, 0.3) is 10.6 Å². The molecule has 0 unspecified atom stereocenters. The molecule has 3 nitrogen and oxygen atoms in total. The van der Waals surface area contributed by atoms with Gasteiger partial charge in [0.1, 0.15) is 10.8 Å². The molecule has 0 radical (unpaired) electrons. The zero-order valence-electron chi connectivity index (χ0n) is 9.85. The van der Waals surface area contributed by atoms with Crippen molar-refractivity contribution in [3.63, 3.8) is 0 Å².